The number of imidazole rings is 1. The SMILES string of the molecule is O=C1c2ccccc2C(=O)N1C[n+]1cn(Cc2cccc3ccccc23)c2ccccc21. The van der Waals surface area contributed by atoms with Crippen LogP contribution in [-0.4, -0.2) is 21.3 Å². The van der Waals surface area contributed by atoms with Gasteiger partial charge in [-0.15, -0.1) is 0 Å². The molecule has 2 heterocycles. The molecular weight excluding hydrogens is 398 g/mol. The van der Waals surface area contributed by atoms with Crippen LogP contribution in [0.3, 0.4) is 0 Å². The fraction of sp³-hybridized carbons (Fsp3) is 0.0741. The minimum Gasteiger partial charge on any atom is -0.268 e. The minimum absolute atomic E-state index is 0.176. The number of aromatic nitrogens is 2. The number of hydrogen-bond acceptors (Lipinski definition) is 2. The molecule has 0 fully saturated rings. The number of amides is 2. The summed E-state index contributed by atoms with van der Waals surface area (Å²) in [4.78, 5) is 27.1. The summed E-state index contributed by atoms with van der Waals surface area (Å²) < 4.78 is 4.15. The Labute approximate surface area is 184 Å². The van der Waals surface area contributed by atoms with Crippen molar-refractivity contribution < 1.29 is 14.2 Å². The molecule has 5 nitrogen and oxygen atoms in total. The highest BCUT2D eigenvalue weighted by molar-refractivity contribution is 6.21. The van der Waals surface area contributed by atoms with Gasteiger partial charge in [0.2, 0.25) is 6.33 Å². The average molecular weight is 418 g/mol. The maximum absolute atomic E-state index is 12.9. The zero-order valence-corrected chi connectivity index (χ0v) is 17.3. The summed E-state index contributed by atoms with van der Waals surface area (Å²) in [5.74, 6) is -0.493. The van der Waals surface area contributed by atoms with E-state index >= 15 is 0 Å². The lowest BCUT2D eigenvalue weighted by Gasteiger charge is -2.11. The molecule has 0 saturated carbocycles. The Morgan fingerprint density at radius 3 is 2.16 bits per heavy atom. The Balaban J connectivity index is 1.40. The van der Waals surface area contributed by atoms with Crippen LogP contribution >= 0.6 is 0 Å². The molecule has 0 radical (unpaired) electrons. The van der Waals surface area contributed by atoms with Crippen LogP contribution in [0.15, 0.2) is 97.3 Å². The van der Waals surface area contributed by atoms with E-state index in [0.717, 1.165) is 11.0 Å². The summed E-state index contributed by atoms with van der Waals surface area (Å²) in [5.41, 5.74) is 4.19. The van der Waals surface area contributed by atoms with Gasteiger partial charge in [-0.1, -0.05) is 66.7 Å². The van der Waals surface area contributed by atoms with Crippen LogP contribution in [0.4, 0.5) is 0 Å². The second kappa shape index (κ2) is 7.17. The number of hydrogen-bond donors (Lipinski definition) is 0. The molecule has 4 aromatic carbocycles. The normalized spacial score (nSPS) is 13.3. The van der Waals surface area contributed by atoms with E-state index in [4.69, 9.17) is 0 Å². The standard InChI is InChI=1S/C27H20N3O2/c31-26-22-12-3-4-13-23(22)27(32)30(26)18-29-17-28(24-14-5-6-15-25(24)29)16-20-10-7-9-19-8-1-2-11-21(19)20/h1-15,17H,16,18H2/q+1. The van der Waals surface area contributed by atoms with Gasteiger partial charge in [0.15, 0.2) is 17.7 Å². The quantitative estimate of drug-likeness (QED) is 0.321. The molecule has 5 heteroatoms. The molecule has 6 rings (SSSR count). The van der Waals surface area contributed by atoms with Gasteiger partial charge in [0.05, 0.1) is 11.1 Å². The topological polar surface area (TPSA) is 46.2 Å². The molecule has 5 aromatic rings. The van der Waals surface area contributed by atoms with Gasteiger partial charge >= 0.3 is 0 Å². The first-order chi connectivity index (χ1) is 15.7. The van der Waals surface area contributed by atoms with Crippen LogP contribution in [0.5, 0.6) is 0 Å². The third-order valence-corrected chi connectivity index (χ3v) is 6.17. The fourth-order valence-corrected chi connectivity index (χ4v) is 4.62. The van der Waals surface area contributed by atoms with Crippen LogP contribution < -0.4 is 4.57 Å². The maximum Gasteiger partial charge on any atom is 0.264 e. The number of rotatable bonds is 4. The van der Waals surface area contributed by atoms with Gasteiger partial charge in [-0.05, 0) is 35.0 Å². The Morgan fingerprint density at radius 2 is 1.34 bits per heavy atom. The highest BCUT2D eigenvalue weighted by Crippen LogP contribution is 2.24. The van der Waals surface area contributed by atoms with Gasteiger partial charge in [0.25, 0.3) is 11.8 Å². The molecule has 0 atom stereocenters. The second-order valence-corrected chi connectivity index (χ2v) is 8.07. The first-order valence-electron chi connectivity index (χ1n) is 10.6. The average Bonchev–Trinajstić information content (AvgIpc) is 3.30. The van der Waals surface area contributed by atoms with E-state index in [2.05, 4.69) is 47.0 Å². The van der Waals surface area contributed by atoms with Crippen LogP contribution in [0.1, 0.15) is 26.3 Å². The van der Waals surface area contributed by atoms with Crippen molar-refractivity contribution >= 4 is 33.6 Å². The van der Waals surface area contributed by atoms with Crippen molar-refractivity contribution in [2.45, 2.75) is 13.2 Å². The highest BCUT2D eigenvalue weighted by Gasteiger charge is 2.37. The highest BCUT2D eigenvalue weighted by atomic mass is 16.2. The molecule has 154 valence electrons. The number of carbonyl (C=O) groups is 2. The monoisotopic (exact) mass is 418 g/mol. The number of nitrogens with zero attached hydrogens (tertiary/aromatic N) is 3. The van der Waals surface area contributed by atoms with Crippen molar-refractivity contribution in [2.24, 2.45) is 0 Å². The molecule has 1 aliphatic rings. The predicted octanol–water partition coefficient (Wildman–Crippen LogP) is 4.38. The summed E-state index contributed by atoms with van der Waals surface area (Å²) in [5, 5.41) is 2.43. The molecule has 0 saturated heterocycles. The first-order valence-corrected chi connectivity index (χ1v) is 10.6. The smallest absolute Gasteiger partial charge is 0.264 e. The van der Waals surface area contributed by atoms with Gasteiger partial charge in [0.1, 0.15) is 6.54 Å². The summed E-state index contributed by atoms with van der Waals surface area (Å²) in [7, 11) is 0. The number of fused-ring (bicyclic) bond motifs is 3. The third-order valence-electron chi connectivity index (χ3n) is 6.17. The molecule has 32 heavy (non-hydrogen) atoms. The summed E-state index contributed by atoms with van der Waals surface area (Å²) in [6.07, 6.45) is 2.00. The summed E-state index contributed by atoms with van der Waals surface area (Å²) in [6.45, 7) is 0.867. The summed E-state index contributed by atoms with van der Waals surface area (Å²) >= 11 is 0. The number of carbonyl (C=O) groups excluding carboxylic acids is 2. The van der Waals surface area contributed by atoms with Crippen molar-refractivity contribution in [1.82, 2.24) is 9.47 Å². The molecule has 0 bridgehead atoms. The van der Waals surface area contributed by atoms with Crippen molar-refractivity contribution in [3.8, 4) is 0 Å². The van der Waals surface area contributed by atoms with E-state index in [0.29, 0.717) is 17.7 Å². The summed E-state index contributed by atoms with van der Waals surface area (Å²) in [6, 6.07) is 29.8. The molecule has 1 aromatic heterocycles. The predicted molar refractivity (Wildman–Crippen MR) is 122 cm³/mol. The van der Waals surface area contributed by atoms with E-state index in [9.17, 15) is 9.59 Å². The van der Waals surface area contributed by atoms with Crippen molar-refractivity contribution in [3.05, 3.63) is 114 Å². The van der Waals surface area contributed by atoms with Gasteiger partial charge in [-0.2, -0.15) is 0 Å². The molecule has 0 unspecified atom stereocenters. The Bertz CT molecular complexity index is 1490. The minimum atomic E-state index is -0.246. The maximum atomic E-state index is 12.9. The lowest BCUT2D eigenvalue weighted by atomic mass is 10.0. The van der Waals surface area contributed by atoms with E-state index in [1.54, 1.807) is 24.3 Å². The largest absolute Gasteiger partial charge is 0.268 e. The Kier molecular flexibility index (Phi) is 4.15. The van der Waals surface area contributed by atoms with Gasteiger partial charge in [0, 0.05) is 5.56 Å². The van der Waals surface area contributed by atoms with Crippen LogP contribution in [-0.2, 0) is 13.2 Å². The van der Waals surface area contributed by atoms with Crippen molar-refractivity contribution in [3.63, 3.8) is 0 Å². The molecular formula is C27H20N3O2+. The van der Waals surface area contributed by atoms with E-state index in [-0.39, 0.29) is 18.5 Å². The van der Waals surface area contributed by atoms with Gasteiger partial charge in [-0.3, -0.25) is 9.59 Å². The number of para-hydroxylation sites is 2. The number of benzene rings is 4. The molecule has 0 N–H and O–H groups in total. The Hall–Kier alpha value is -4.25. The molecule has 2 amide bonds. The zero-order valence-electron chi connectivity index (χ0n) is 17.3. The van der Waals surface area contributed by atoms with Crippen molar-refractivity contribution in [1.29, 1.82) is 0 Å². The lowest BCUT2D eigenvalue weighted by Crippen LogP contribution is -2.45. The second-order valence-electron chi connectivity index (χ2n) is 8.07. The Morgan fingerprint density at radius 1 is 0.688 bits per heavy atom. The van der Waals surface area contributed by atoms with Crippen molar-refractivity contribution in [2.75, 3.05) is 0 Å². The van der Waals surface area contributed by atoms with Crippen LogP contribution in [0.2, 0.25) is 0 Å². The third kappa shape index (κ3) is 2.82. The molecule has 1 aliphatic heterocycles. The zero-order chi connectivity index (χ0) is 21.7. The molecule has 0 spiro atoms. The van der Waals surface area contributed by atoms with Crippen LogP contribution in [0, 0.1) is 0 Å². The van der Waals surface area contributed by atoms with Gasteiger partial charge in [-0.25, -0.2) is 14.0 Å². The number of imide groups is 1. The van der Waals surface area contributed by atoms with E-state index in [1.807, 2.05) is 35.2 Å². The lowest BCUT2D eigenvalue weighted by molar-refractivity contribution is -0.685. The van der Waals surface area contributed by atoms with E-state index in [1.165, 1.54) is 21.2 Å². The first kappa shape index (κ1) is 18.5. The van der Waals surface area contributed by atoms with E-state index < -0.39 is 0 Å². The van der Waals surface area contributed by atoms with Crippen LogP contribution in [0.25, 0.3) is 21.8 Å². The van der Waals surface area contributed by atoms with Gasteiger partial charge < -0.3 is 0 Å². The molecule has 0 aliphatic carbocycles. The fourth-order valence-electron chi connectivity index (χ4n) is 4.62.